The summed E-state index contributed by atoms with van der Waals surface area (Å²) in [5.41, 5.74) is 3.01. The summed E-state index contributed by atoms with van der Waals surface area (Å²) in [5.74, 6) is 5.10. The topological polar surface area (TPSA) is 74.7 Å². The molecular weight excluding hydrogens is 256 g/mol. The van der Waals surface area contributed by atoms with E-state index in [9.17, 15) is 4.79 Å². The van der Waals surface area contributed by atoms with Gasteiger partial charge in [-0.1, -0.05) is 6.92 Å². The molecule has 6 nitrogen and oxygen atoms in total. The molecule has 0 saturated carbocycles. The Kier molecular flexibility index (Phi) is 5.17. The van der Waals surface area contributed by atoms with Crippen molar-refractivity contribution >= 4 is 5.91 Å². The van der Waals surface area contributed by atoms with Gasteiger partial charge in [0, 0.05) is 44.3 Å². The van der Waals surface area contributed by atoms with Crippen LogP contribution >= 0.6 is 0 Å². The number of nitrogens with two attached hydrogens (primary N) is 1. The Morgan fingerprint density at radius 3 is 2.75 bits per heavy atom. The fourth-order valence-electron chi connectivity index (χ4n) is 2.59. The Morgan fingerprint density at radius 1 is 1.45 bits per heavy atom. The van der Waals surface area contributed by atoms with Crippen molar-refractivity contribution in [3.05, 3.63) is 23.7 Å². The van der Waals surface area contributed by atoms with Crippen molar-refractivity contribution in [1.82, 2.24) is 15.2 Å². The van der Waals surface area contributed by atoms with E-state index in [0.717, 1.165) is 38.3 Å². The zero-order valence-corrected chi connectivity index (χ0v) is 12.3. The van der Waals surface area contributed by atoms with Crippen LogP contribution in [0.3, 0.4) is 0 Å². The van der Waals surface area contributed by atoms with E-state index >= 15 is 0 Å². The van der Waals surface area contributed by atoms with Crippen LogP contribution in [0.1, 0.15) is 36.4 Å². The Bertz CT molecular complexity index is 438. The second kappa shape index (κ2) is 6.88. The summed E-state index contributed by atoms with van der Waals surface area (Å²) in [6.45, 7) is 9.40. The number of hydrogen-bond acceptors (Lipinski definition) is 5. The molecule has 20 heavy (non-hydrogen) atoms. The van der Waals surface area contributed by atoms with Gasteiger partial charge in [0.2, 0.25) is 0 Å². The molecule has 1 amide bonds. The molecule has 1 atom stereocenters. The standard InChI is InChI=1S/C14H24N4O2/c1-3-11(2)18-7-5-17(6-8-18)10-12-4-9-20-13(12)14(19)16-15/h4,9,11H,3,5-8,10,15H2,1-2H3,(H,16,19). The van der Waals surface area contributed by atoms with Crippen molar-refractivity contribution < 1.29 is 9.21 Å². The molecule has 1 fully saturated rings. The minimum atomic E-state index is -0.372. The largest absolute Gasteiger partial charge is 0.459 e. The van der Waals surface area contributed by atoms with Crippen LogP contribution in [0.25, 0.3) is 0 Å². The summed E-state index contributed by atoms with van der Waals surface area (Å²) in [6.07, 6.45) is 2.72. The zero-order chi connectivity index (χ0) is 14.5. The molecule has 1 unspecified atom stereocenters. The highest BCUT2D eigenvalue weighted by atomic mass is 16.3. The molecule has 0 aliphatic carbocycles. The van der Waals surface area contributed by atoms with Crippen LogP contribution in [-0.4, -0.2) is 47.9 Å². The minimum absolute atomic E-state index is 0.317. The van der Waals surface area contributed by atoms with Gasteiger partial charge in [0.1, 0.15) is 0 Å². The number of carbonyl (C=O) groups is 1. The number of hydrogen-bond donors (Lipinski definition) is 2. The van der Waals surface area contributed by atoms with Crippen molar-refractivity contribution in [3.8, 4) is 0 Å². The van der Waals surface area contributed by atoms with Gasteiger partial charge in [-0.25, -0.2) is 5.84 Å². The van der Waals surface area contributed by atoms with Crippen molar-refractivity contribution in [1.29, 1.82) is 0 Å². The van der Waals surface area contributed by atoms with Gasteiger partial charge < -0.3 is 4.42 Å². The van der Waals surface area contributed by atoms with E-state index in [0.29, 0.717) is 11.8 Å². The number of furan rings is 1. The quantitative estimate of drug-likeness (QED) is 0.474. The van der Waals surface area contributed by atoms with Crippen molar-refractivity contribution in [2.75, 3.05) is 26.2 Å². The first-order chi connectivity index (χ1) is 9.65. The summed E-state index contributed by atoms with van der Waals surface area (Å²) < 4.78 is 5.21. The van der Waals surface area contributed by atoms with E-state index in [1.165, 1.54) is 12.7 Å². The lowest BCUT2D eigenvalue weighted by Crippen LogP contribution is -2.49. The van der Waals surface area contributed by atoms with Gasteiger partial charge in [0.25, 0.3) is 0 Å². The van der Waals surface area contributed by atoms with Gasteiger partial charge in [0.05, 0.1) is 6.26 Å². The van der Waals surface area contributed by atoms with Crippen LogP contribution in [-0.2, 0) is 6.54 Å². The van der Waals surface area contributed by atoms with Crippen LogP contribution in [0.15, 0.2) is 16.7 Å². The average molecular weight is 280 g/mol. The van der Waals surface area contributed by atoms with Gasteiger partial charge in [0.15, 0.2) is 5.76 Å². The summed E-state index contributed by atoms with van der Waals surface area (Å²) >= 11 is 0. The second-order valence-corrected chi connectivity index (χ2v) is 5.32. The lowest BCUT2D eigenvalue weighted by atomic mass is 10.1. The molecule has 6 heteroatoms. The molecule has 112 valence electrons. The predicted octanol–water partition coefficient (Wildman–Crippen LogP) is 0.799. The fourth-order valence-corrected chi connectivity index (χ4v) is 2.59. The lowest BCUT2D eigenvalue weighted by Gasteiger charge is -2.37. The summed E-state index contributed by atoms with van der Waals surface area (Å²) in [5, 5.41) is 0. The van der Waals surface area contributed by atoms with Gasteiger partial charge in [-0.15, -0.1) is 0 Å². The normalized spacial score (nSPS) is 18.9. The van der Waals surface area contributed by atoms with Gasteiger partial charge in [-0.3, -0.25) is 20.0 Å². The number of piperazine rings is 1. The van der Waals surface area contributed by atoms with E-state index in [1.807, 2.05) is 6.07 Å². The third-order valence-electron chi connectivity index (χ3n) is 4.10. The number of rotatable bonds is 5. The van der Waals surface area contributed by atoms with E-state index in [-0.39, 0.29) is 5.91 Å². The highest BCUT2D eigenvalue weighted by Gasteiger charge is 2.22. The summed E-state index contributed by atoms with van der Waals surface area (Å²) in [6, 6.07) is 2.48. The number of nitrogens with zero attached hydrogens (tertiary/aromatic N) is 2. The molecule has 0 spiro atoms. The Hall–Kier alpha value is -1.37. The van der Waals surface area contributed by atoms with E-state index < -0.39 is 0 Å². The molecule has 2 heterocycles. The molecule has 2 rings (SSSR count). The first-order valence-electron chi connectivity index (χ1n) is 7.19. The highest BCUT2D eigenvalue weighted by Crippen LogP contribution is 2.16. The van der Waals surface area contributed by atoms with Crippen LogP contribution in [0, 0.1) is 0 Å². The van der Waals surface area contributed by atoms with Crippen LogP contribution < -0.4 is 11.3 Å². The molecule has 1 aliphatic rings. The van der Waals surface area contributed by atoms with Crippen molar-refractivity contribution in [3.63, 3.8) is 0 Å². The number of carbonyl (C=O) groups excluding carboxylic acids is 1. The molecule has 1 aliphatic heterocycles. The molecule has 0 bridgehead atoms. The SMILES string of the molecule is CCC(C)N1CCN(Cc2ccoc2C(=O)NN)CC1. The zero-order valence-electron chi connectivity index (χ0n) is 12.3. The molecule has 0 radical (unpaired) electrons. The van der Waals surface area contributed by atoms with Crippen LogP contribution in [0.5, 0.6) is 0 Å². The second-order valence-electron chi connectivity index (χ2n) is 5.32. The van der Waals surface area contributed by atoms with Crippen molar-refractivity contribution in [2.24, 2.45) is 5.84 Å². The minimum Gasteiger partial charge on any atom is -0.459 e. The highest BCUT2D eigenvalue weighted by molar-refractivity contribution is 5.92. The maximum atomic E-state index is 11.6. The molecular formula is C14H24N4O2. The first-order valence-corrected chi connectivity index (χ1v) is 7.19. The number of hydrazine groups is 1. The molecule has 1 saturated heterocycles. The first kappa shape index (κ1) is 15.0. The maximum absolute atomic E-state index is 11.6. The van der Waals surface area contributed by atoms with Crippen LogP contribution in [0.2, 0.25) is 0 Å². The van der Waals surface area contributed by atoms with E-state index in [4.69, 9.17) is 10.3 Å². The van der Waals surface area contributed by atoms with Gasteiger partial charge >= 0.3 is 5.91 Å². The molecule has 1 aromatic heterocycles. The predicted molar refractivity (Wildman–Crippen MR) is 77.0 cm³/mol. The molecule has 1 aromatic rings. The smallest absolute Gasteiger partial charge is 0.301 e. The van der Waals surface area contributed by atoms with E-state index in [2.05, 4.69) is 29.1 Å². The van der Waals surface area contributed by atoms with Crippen LogP contribution in [0.4, 0.5) is 0 Å². The summed E-state index contributed by atoms with van der Waals surface area (Å²) in [7, 11) is 0. The molecule has 3 N–H and O–H groups in total. The number of nitrogens with one attached hydrogen (secondary N) is 1. The monoisotopic (exact) mass is 280 g/mol. The fraction of sp³-hybridized carbons (Fsp3) is 0.643. The van der Waals surface area contributed by atoms with Gasteiger partial charge in [-0.2, -0.15) is 0 Å². The average Bonchev–Trinajstić information content (AvgIpc) is 2.94. The number of nitrogen functional groups attached to an aromatic ring is 1. The van der Waals surface area contributed by atoms with Crippen molar-refractivity contribution in [2.45, 2.75) is 32.9 Å². The Morgan fingerprint density at radius 2 is 2.15 bits per heavy atom. The summed E-state index contributed by atoms with van der Waals surface area (Å²) in [4.78, 5) is 16.4. The molecule has 0 aromatic carbocycles. The van der Waals surface area contributed by atoms with Gasteiger partial charge in [-0.05, 0) is 19.4 Å². The Balaban J connectivity index is 1.90. The maximum Gasteiger partial charge on any atom is 0.301 e. The Labute approximate surface area is 119 Å². The number of amides is 1. The third kappa shape index (κ3) is 3.39. The third-order valence-corrected chi connectivity index (χ3v) is 4.10. The lowest BCUT2D eigenvalue weighted by molar-refractivity contribution is 0.0901. The van der Waals surface area contributed by atoms with E-state index in [1.54, 1.807) is 0 Å².